The molecule has 3 rings (SSSR count). The average Bonchev–Trinajstić information content (AvgIpc) is 2.90. The van der Waals surface area contributed by atoms with Crippen LogP contribution in [0.2, 0.25) is 0 Å². The second-order valence-electron chi connectivity index (χ2n) is 5.36. The van der Waals surface area contributed by atoms with Crippen molar-refractivity contribution in [2.75, 3.05) is 5.32 Å². The number of nitrogens with one attached hydrogen (secondary N) is 1. The van der Waals surface area contributed by atoms with Gasteiger partial charge in [-0.25, -0.2) is 9.37 Å². The number of amides is 1. The SMILES string of the molecule is CC(C)C(=O)Nc1ccc2nc(-c3cccc(F)c3)oc2c1. The van der Waals surface area contributed by atoms with Crippen molar-refractivity contribution >= 4 is 22.7 Å². The topological polar surface area (TPSA) is 55.1 Å². The number of anilines is 1. The predicted molar refractivity (Wildman–Crippen MR) is 82.9 cm³/mol. The van der Waals surface area contributed by atoms with E-state index in [0.29, 0.717) is 28.2 Å². The summed E-state index contributed by atoms with van der Waals surface area (Å²) in [7, 11) is 0. The van der Waals surface area contributed by atoms with Crippen molar-refractivity contribution in [1.82, 2.24) is 4.98 Å². The highest BCUT2D eigenvalue weighted by atomic mass is 19.1. The molecule has 1 heterocycles. The fraction of sp³-hybridized carbons (Fsp3) is 0.176. The molecule has 0 aliphatic rings. The van der Waals surface area contributed by atoms with Crippen molar-refractivity contribution in [1.29, 1.82) is 0 Å². The first-order valence-corrected chi connectivity index (χ1v) is 7.00. The van der Waals surface area contributed by atoms with Gasteiger partial charge in [-0.3, -0.25) is 4.79 Å². The van der Waals surface area contributed by atoms with E-state index in [1.807, 2.05) is 13.8 Å². The molecule has 0 saturated carbocycles. The van der Waals surface area contributed by atoms with Crippen LogP contribution in [0.3, 0.4) is 0 Å². The number of rotatable bonds is 3. The fourth-order valence-corrected chi connectivity index (χ4v) is 2.03. The number of fused-ring (bicyclic) bond motifs is 1. The quantitative estimate of drug-likeness (QED) is 0.787. The van der Waals surface area contributed by atoms with Crippen LogP contribution >= 0.6 is 0 Å². The molecule has 0 spiro atoms. The molecule has 112 valence electrons. The third-order valence-corrected chi connectivity index (χ3v) is 3.25. The average molecular weight is 298 g/mol. The molecule has 0 radical (unpaired) electrons. The van der Waals surface area contributed by atoms with Crippen LogP contribution in [0.15, 0.2) is 46.9 Å². The summed E-state index contributed by atoms with van der Waals surface area (Å²) in [5.41, 5.74) is 2.42. The number of halogens is 1. The molecule has 0 fully saturated rings. The fourth-order valence-electron chi connectivity index (χ4n) is 2.03. The van der Waals surface area contributed by atoms with Crippen LogP contribution in [0.4, 0.5) is 10.1 Å². The summed E-state index contributed by atoms with van der Waals surface area (Å²) in [6.45, 7) is 3.65. The maximum Gasteiger partial charge on any atom is 0.227 e. The molecule has 3 aromatic rings. The van der Waals surface area contributed by atoms with Gasteiger partial charge in [0.15, 0.2) is 5.58 Å². The second kappa shape index (κ2) is 5.60. The minimum absolute atomic E-state index is 0.0655. The Labute approximate surface area is 127 Å². The summed E-state index contributed by atoms with van der Waals surface area (Å²) in [6, 6.07) is 11.3. The van der Waals surface area contributed by atoms with Crippen LogP contribution in [0, 0.1) is 11.7 Å². The predicted octanol–water partition coefficient (Wildman–Crippen LogP) is 4.23. The lowest BCUT2D eigenvalue weighted by molar-refractivity contribution is -0.118. The smallest absolute Gasteiger partial charge is 0.227 e. The molecule has 1 N–H and O–H groups in total. The van der Waals surface area contributed by atoms with Crippen molar-refractivity contribution < 1.29 is 13.6 Å². The lowest BCUT2D eigenvalue weighted by Gasteiger charge is -2.06. The highest BCUT2D eigenvalue weighted by Crippen LogP contribution is 2.26. The van der Waals surface area contributed by atoms with Gasteiger partial charge in [-0.05, 0) is 30.3 Å². The van der Waals surface area contributed by atoms with E-state index >= 15 is 0 Å². The van der Waals surface area contributed by atoms with E-state index in [0.717, 1.165) is 0 Å². The van der Waals surface area contributed by atoms with Crippen LogP contribution < -0.4 is 5.32 Å². The molecule has 0 unspecified atom stereocenters. The summed E-state index contributed by atoms with van der Waals surface area (Å²) in [6.07, 6.45) is 0. The first-order valence-electron chi connectivity index (χ1n) is 7.00. The molecule has 0 aliphatic carbocycles. The van der Waals surface area contributed by atoms with Gasteiger partial charge < -0.3 is 9.73 Å². The number of carbonyl (C=O) groups is 1. The van der Waals surface area contributed by atoms with Crippen LogP contribution in [-0.4, -0.2) is 10.9 Å². The Balaban J connectivity index is 1.95. The molecule has 0 atom stereocenters. The van der Waals surface area contributed by atoms with Crippen molar-refractivity contribution in [3.05, 3.63) is 48.3 Å². The van der Waals surface area contributed by atoms with Gasteiger partial charge in [-0.2, -0.15) is 0 Å². The Morgan fingerprint density at radius 1 is 1.23 bits per heavy atom. The highest BCUT2D eigenvalue weighted by Gasteiger charge is 2.11. The molecular weight excluding hydrogens is 283 g/mol. The number of nitrogens with zero attached hydrogens (tertiary/aromatic N) is 1. The molecule has 4 nitrogen and oxygen atoms in total. The van der Waals surface area contributed by atoms with E-state index < -0.39 is 0 Å². The monoisotopic (exact) mass is 298 g/mol. The van der Waals surface area contributed by atoms with Gasteiger partial charge in [0.1, 0.15) is 11.3 Å². The second-order valence-corrected chi connectivity index (χ2v) is 5.36. The van der Waals surface area contributed by atoms with E-state index in [-0.39, 0.29) is 17.6 Å². The summed E-state index contributed by atoms with van der Waals surface area (Å²) < 4.78 is 18.9. The lowest BCUT2D eigenvalue weighted by Crippen LogP contribution is -2.17. The maximum absolute atomic E-state index is 13.3. The molecule has 22 heavy (non-hydrogen) atoms. The molecule has 1 amide bonds. The zero-order valence-corrected chi connectivity index (χ0v) is 12.3. The van der Waals surface area contributed by atoms with Gasteiger partial charge in [0, 0.05) is 23.2 Å². The zero-order chi connectivity index (χ0) is 15.7. The van der Waals surface area contributed by atoms with E-state index in [1.165, 1.54) is 12.1 Å². The number of hydrogen-bond donors (Lipinski definition) is 1. The van der Waals surface area contributed by atoms with Gasteiger partial charge >= 0.3 is 0 Å². The van der Waals surface area contributed by atoms with Crippen molar-refractivity contribution in [2.24, 2.45) is 5.92 Å². The molecule has 0 bridgehead atoms. The van der Waals surface area contributed by atoms with Gasteiger partial charge in [-0.1, -0.05) is 19.9 Å². The standard InChI is InChI=1S/C17H15FN2O2/c1-10(2)16(21)19-13-6-7-14-15(9-13)22-17(20-14)11-4-3-5-12(18)8-11/h3-10H,1-2H3,(H,19,21). The summed E-state index contributed by atoms with van der Waals surface area (Å²) in [5, 5.41) is 2.80. The minimum atomic E-state index is -0.343. The van der Waals surface area contributed by atoms with E-state index in [4.69, 9.17) is 4.42 Å². The number of oxazole rings is 1. The number of aromatic nitrogens is 1. The molecule has 0 saturated heterocycles. The molecule has 1 aromatic heterocycles. The highest BCUT2D eigenvalue weighted by molar-refractivity contribution is 5.94. The van der Waals surface area contributed by atoms with Gasteiger partial charge in [0.2, 0.25) is 11.8 Å². The first kappa shape index (κ1) is 14.3. The van der Waals surface area contributed by atoms with Gasteiger partial charge in [-0.15, -0.1) is 0 Å². The van der Waals surface area contributed by atoms with Gasteiger partial charge in [0.05, 0.1) is 0 Å². The number of hydrogen-bond acceptors (Lipinski definition) is 3. The number of carbonyl (C=O) groups excluding carboxylic acids is 1. The summed E-state index contributed by atoms with van der Waals surface area (Å²) in [5.74, 6) is -0.163. The van der Waals surface area contributed by atoms with Crippen LogP contribution in [-0.2, 0) is 4.79 Å². The Morgan fingerprint density at radius 2 is 2.05 bits per heavy atom. The molecule has 0 aliphatic heterocycles. The molecule has 2 aromatic carbocycles. The van der Waals surface area contributed by atoms with Crippen molar-refractivity contribution in [2.45, 2.75) is 13.8 Å². The van der Waals surface area contributed by atoms with E-state index in [1.54, 1.807) is 30.3 Å². The lowest BCUT2D eigenvalue weighted by atomic mass is 10.2. The van der Waals surface area contributed by atoms with E-state index in [2.05, 4.69) is 10.3 Å². The van der Waals surface area contributed by atoms with E-state index in [9.17, 15) is 9.18 Å². The third kappa shape index (κ3) is 2.83. The normalized spacial score (nSPS) is 11.1. The van der Waals surface area contributed by atoms with Crippen molar-refractivity contribution in [3.8, 4) is 11.5 Å². The number of benzene rings is 2. The molecular formula is C17H15FN2O2. The Kier molecular flexibility index (Phi) is 3.63. The van der Waals surface area contributed by atoms with Crippen LogP contribution in [0.25, 0.3) is 22.6 Å². The zero-order valence-electron chi connectivity index (χ0n) is 12.3. The van der Waals surface area contributed by atoms with Crippen molar-refractivity contribution in [3.63, 3.8) is 0 Å². The van der Waals surface area contributed by atoms with Gasteiger partial charge in [0.25, 0.3) is 0 Å². The summed E-state index contributed by atoms with van der Waals surface area (Å²) >= 11 is 0. The maximum atomic E-state index is 13.3. The summed E-state index contributed by atoms with van der Waals surface area (Å²) in [4.78, 5) is 16.0. The third-order valence-electron chi connectivity index (χ3n) is 3.25. The first-order chi connectivity index (χ1) is 10.5. The Bertz CT molecular complexity index is 840. The van der Waals surface area contributed by atoms with Crippen LogP contribution in [0.1, 0.15) is 13.8 Å². The largest absolute Gasteiger partial charge is 0.436 e. The molecule has 5 heteroatoms. The van der Waals surface area contributed by atoms with Crippen LogP contribution in [0.5, 0.6) is 0 Å². The Morgan fingerprint density at radius 3 is 2.77 bits per heavy atom. The Hall–Kier alpha value is -2.69. The minimum Gasteiger partial charge on any atom is -0.436 e.